The summed E-state index contributed by atoms with van der Waals surface area (Å²) < 4.78 is 6.81. The molecule has 1 aromatic carbocycles. The van der Waals surface area contributed by atoms with Crippen molar-refractivity contribution in [3.8, 4) is 16.4 Å². The molecule has 1 aliphatic heterocycles. The van der Waals surface area contributed by atoms with Gasteiger partial charge in [-0.2, -0.15) is 0 Å². The first-order valence-electron chi connectivity index (χ1n) is 8.33. The molecule has 1 amide bonds. The first kappa shape index (κ1) is 17.4. The molecule has 27 heavy (non-hydrogen) atoms. The van der Waals surface area contributed by atoms with Crippen LogP contribution in [-0.4, -0.2) is 62.4 Å². The Morgan fingerprint density at radius 2 is 2.00 bits per heavy atom. The smallest absolute Gasteiger partial charge is 0.334 e. The third-order valence-corrected chi connectivity index (χ3v) is 5.04. The van der Waals surface area contributed by atoms with E-state index in [4.69, 9.17) is 9.84 Å². The minimum atomic E-state index is -1.09. The summed E-state index contributed by atoms with van der Waals surface area (Å²) in [5.41, 5.74) is 0.790. The van der Waals surface area contributed by atoms with Gasteiger partial charge < -0.3 is 14.7 Å². The summed E-state index contributed by atoms with van der Waals surface area (Å²) in [6.45, 7) is 0.444. The molecule has 0 spiro atoms. The predicted octanol–water partition coefficient (Wildman–Crippen LogP) is 1.92. The standard InChI is InChI=1S/C18H16N4O4S/c23-17(21-8-9-26-13(11-21)18(24)25)15-19-16(14-7-4-10-27-14)22(20-15)12-5-2-1-3-6-12/h1-7,10,13H,8-9,11H2,(H,24,25)/t13-/m0/s1. The summed E-state index contributed by atoms with van der Waals surface area (Å²) in [5.74, 6) is -0.887. The lowest BCUT2D eigenvalue weighted by molar-refractivity contribution is -0.154. The van der Waals surface area contributed by atoms with Crippen LogP contribution in [0.15, 0.2) is 47.8 Å². The summed E-state index contributed by atoms with van der Waals surface area (Å²) in [4.78, 5) is 30.8. The molecule has 1 saturated heterocycles. The zero-order valence-corrected chi connectivity index (χ0v) is 15.0. The van der Waals surface area contributed by atoms with Crippen molar-refractivity contribution in [2.75, 3.05) is 19.7 Å². The van der Waals surface area contributed by atoms with Gasteiger partial charge >= 0.3 is 5.97 Å². The van der Waals surface area contributed by atoms with Crippen molar-refractivity contribution in [1.29, 1.82) is 0 Å². The molecule has 3 aromatic rings. The summed E-state index contributed by atoms with van der Waals surface area (Å²) in [7, 11) is 0. The van der Waals surface area contributed by atoms with Gasteiger partial charge in [0.25, 0.3) is 5.91 Å². The zero-order valence-electron chi connectivity index (χ0n) is 14.2. The van der Waals surface area contributed by atoms with E-state index in [9.17, 15) is 9.59 Å². The second-order valence-electron chi connectivity index (χ2n) is 5.93. The average Bonchev–Trinajstić information content (AvgIpc) is 3.38. The number of carbonyl (C=O) groups excluding carboxylic acids is 1. The Bertz CT molecular complexity index is 955. The van der Waals surface area contributed by atoms with E-state index in [2.05, 4.69) is 10.1 Å². The fourth-order valence-electron chi connectivity index (χ4n) is 2.84. The highest BCUT2D eigenvalue weighted by atomic mass is 32.1. The number of thiophene rings is 1. The molecule has 1 atom stereocenters. The Kier molecular flexibility index (Phi) is 4.69. The number of carbonyl (C=O) groups is 2. The normalized spacial score (nSPS) is 17.0. The highest BCUT2D eigenvalue weighted by molar-refractivity contribution is 7.13. The number of aromatic nitrogens is 3. The Balaban J connectivity index is 1.69. The molecule has 4 rings (SSSR count). The summed E-state index contributed by atoms with van der Waals surface area (Å²) in [5, 5.41) is 15.5. The number of nitrogens with zero attached hydrogens (tertiary/aromatic N) is 4. The van der Waals surface area contributed by atoms with Crippen LogP contribution in [0, 0.1) is 0 Å². The first-order valence-corrected chi connectivity index (χ1v) is 9.21. The number of aliphatic carboxylic acids is 1. The lowest BCUT2D eigenvalue weighted by Crippen LogP contribution is -2.48. The van der Waals surface area contributed by atoms with Gasteiger partial charge in [0.15, 0.2) is 11.9 Å². The Hall–Kier alpha value is -3.04. The molecule has 1 fully saturated rings. The van der Waals surface area contributed by atoms with Crippen LogP contribution in [0.4, 0.5) is 0 Å². The third kappa shape index (κ3) is 3.46. The number of hydrogen-bond acceptors (Lipinski definition) is 6. The molecule has 0 radical (unpaired) electrons. The van der Waals surface area contributed by atoms with Gasteiger partial charge in [-0.05, 0) is 23.6 Å². The van der Waals surface area contributed by atoms with Crippen LogP contribution in [0.5, 0.6) is 0 Å². The molecule has 0 aliphatic carbocycles. The topological polar surface area (TPSA) is 97.6 Å². The Morgan fingerprint density at radius 3 is 2.70 bits per heavy atom. The van der Waals surface area contributed by atoms with Gasteiger partial charge in [-0.15, -0.1) is 16.4 Å². The van der Waals surface area contributed by atoms with E-state index in [0.717, 1.165) is 10.6 Å². The number of ether oxygens (including phenoxy) is 1. The lowest BCUT2D eigenvalue weighted by Gasteiger charge is -2.29. The second kappa shape index (κ2) is 7.29. The average molecular weight is 384 g/mol. The molecule has 0 bridgehead atoms. The van der Waals surface area contributed by atoms with Crippen LogP contribution in [0.1, 0.15) is 10.6 Å². The van der Waals surface area contributed by atoms with Crippen LogP contribution in [0.25, 0.3) is 16.4 Å². The predicted molar refractivity (Wildman–Crippen MR) is 98.0 cm³/mol. The highest BCUT2D eigenvalue weighted by Crippen LogP contribution is 2.26. The fourth-order valence-corrected chi connectivity index (χ4v) is 3.54. The largest absolute Gasteiger partial charge is 0.479 e. The lowest BCUT2D eigenvalue weighted by atomic mass is 10.2. The summed E-state index contributed by atoms with van der Waals surface area (Å²) in [6, 6.07) is 13.3. The van der Waals surface area contributed by atoms with Crippen LogP contribution < -0.4 is 0 Å². The Labute approximate surface area is 158 Å². The monoisotopic (exact) mass is 384 g/mol. The van der Waals surface area contributed by atoms with Crippen molar-refractivity contribution in [3.63, 3.8) is 0 Å². The van der Waals surface area contributed by atoms with E-state index in [0.29, 0.717) is 12.4 Å². The van der Waals surface area contributed by atoms with Crippen molar-refractivity contribution in [2.45, 2.75) is 6.10 Å². The van der Waals surface area contributed by atoms with Crippen LogP contribution in [0.3, 0.4) is 0 Å². The zero-order chi connectivity index (χ0) is 18.8. The van der Waals surface area contributed by atoms with Crippen LogP contribution in [0.2, 0.25) is 0 Å². The molecule has 0 saturated carbocycles. The molecular formula is C18H16N4O4S. The van der Waals surface area contributed by atoms with Crippen LogP contribution >= 0.6 is 11.3 Å². The number of amides is 1. The minimum Gasteiger partial charge on any atom is -0.479 e. The van der Waals surface area contributed by atoms with E-state index in [1.165, 1.54) is 16.2 Å². The van der Waals surface area contributed by atoms with E-state index in [1.807, 2.05) is 47.8 Å². The van der Waals surface area contributed by atoms with Crippen molar-refractivity contribution >= 4 is 23.2 Å². The highest BCUT2D eigenvalue weighted by Gasteiger charge is 2.31. The van der Waals surface area contributed by atoms with Gasteiger partial charge in [0.2, 0.25) is 5.82 Å². The van der Waals surface area contributed by atoms with Gasteiger partial charge in [0.05, 0.1) is 23.7 Å². The van der Waals surface area contributed by atoms with Gasteiger partial charge in [-0.3, -0.25) is 4.79 Å². The quantitative estimate of drug-likeness (QED) is 0.738. The van der Waals surface area contributed by atoms with Gasteiger partial charge in [0, 0.05) is 6.54 Å². The van der Waals surface area contributed by atoms with Crippen molar-refractivity contribution < 1.29 is 19.4 Å². The summed E-state index contributed by atoms with van der Waals surface area (Å²) in [6.07, 6.45) is -1.03. The summed E-state index contributed by atoms with van der Waals surface area (Å²) >= 11 is 1.50. The molecule has 9 heteroatoms. The number of rotatable bonds is 4. The molecular weight excluding hydrogens is 368 g/mol. The molecule has 8 nitrogen and oxygen atoms in total. The minimum absolute atomic E-state index is 0.0254. The Morgan fingerprint density at radius 1 is 1.19 bits per heavy atom. The molecule has 138 valence electrons. The SMILES string of the molecule is O=C(O)[C@@H]1CN(C(=O)c2nc(-c3cccs3)n(-c3ccccc3)n2)CCO1. The second-order valence-corrected chi connectivity index (χ2v) is 6.88. The number of carboxylic acids is 1. The van der Waals surface area contributed by atoms with Crippen LogP contribution in [-0.2, 0) is 9.53 Å². The molecule has 2 aromatic heterocycles. The molecule has 3 heterocycles. The van der Waals surface area contributed by atoms with E-state index in [1.54, 1.807) is 4.68 Å². The number of hydrogen-bond donors (Lipinski definition) is 1. The molecule has 1 aliphatic rings. The fraction of sp³-hybridized carbons (Fsp3) is 0.222. The number of para-hydroxylation sites is 1. The number of benzene rings is 1. The maximum absolute atomic E-state index is 12.9. The first-order chi connectivity index (χ1) is 13.1. The third-order valence-electron chi connectivity index (χ3n) is 4.17. The van der Waals surface area contributed by atoms with Crippen molar-refractivity contribution in [3.05, 3.63) is 53.7 Å². The van der Waals surface area contributed by atoms with Crippen molar-refractivity contribution in [2.24, 2.45) is 0 Å². The van der Waals surface area contributed by atoms with Gasteiger partial charge in [-0.1, -0.05) is 24.3 Å². The number of morpholine rings is 1. The molecule has 1 N–H and O–H groups in total. The van der Waals surface area contributed by atoms with E-state index < -0.39 is 18.0 Å². The van der Waals surface area contributed by atoms with Gasteiger partial charge in [-0.25, -0.2) is 14.5 Å². The number of carboxylic acid groups (broad SMARTS) is 1. The van der Waals surface area contributed by atoms with Gasteiger partial charge in [0.1, 0.15) is 0 Å². The van der Waals surface area contributed by atoms with E-state index >= 15 is 0 Å². The maximum Gasteiger partial charge on any atom is 0.334 e. The van der Waals surface area contributed by atoms with Crippen molar-refractivity contribution in [1.82, 2.24) is 19.7 Å². The molecule has 0 unspecified atom stereocenters. The van der Waals surface area contributed by atoms with E-state index in [-0.39, 0.29) is 19.0 Å². The maximum atomic E-state index is 12.9.